The molecule has 2 heterocycles. The summed E-state index contributed by atoms with van der Waals surface area (Å²) in [7, 11) is 0. The van der Waals surface area contributed by atoms with E-state index in [-0.39, 0.29) is 12.0 Å². The molecule has 0 bridgehead atoms. The number of pyridine rings is 1. The molecule has 5 aromatic carbocycles. The third-order valence-corrected chi connectivity index (χ3v) is 9.34. The van der Waals surface area contributed by atoms with Gasteiger partial charge in [-0.3, -0.25) is 9.59 Å². The number of aromatic nitrogens is 3. The lowest BCUT2D eigenvalue weighted by Crippen LogP contribution is -2.44. The maximum absolute atomic E-state index is 14.0. The number of carboxylic acid groups (broad SMARTS) is 1. The minimum absolute atomic E-state index is 0.111. The minimum atomic E-state index is -1.36. The lowest BCUT2D eigenvalue weighted by atomic mass is 9.77. The van der Waals surface area contributed by atoms with Crippen molar-refractivity contribution in [2.24, 2.45) is 0 Å². The van der Waals surface area contributed by atoms with Crippen LogP contribution in [0.25, 0.3) is 0 Å². The fourth-order valence-electron chi connectivity index (χ4n) is 6.95. The number of aliphatic carboxylic acids is 1. The van der Waals surface area contributed by atoms with Crippen LogP contribution in [0.15, 0.2) is 187 Å². The molecule has 0 aliphatic heterocycles. The molecule has 52 heavy (non-hydrogen) atoms. The summed E-state index contributed by atoms with van der Waals surface area (Å²) in [6, 6.07) is 50.5. The van der Waals surface area contributed by atoms with Crippen LogP contribution < -0.4 is 10.9 Å². The third kappa shape index (κ3) is 6.57. The zero-order valence-electron chi connectivity index (χ0n) is 28.2. The Morgan fingerprint density at radius 1 is 0.654 bits per heavy atom. The van der Waals surface area contributed by atoms with Gasteiger partial charge in [-0.25, -0.2) is 9.78 Å². The van der Waals surface area contributed by atoms with Gasteiger partial charge in [0.2, 0.25) is 0 Å². The Bertz CT molecular complexity index is 2190. The number of carbonyl (C=O) groups is 2. The van der Waals surface area contributed by atoms with Crippen LogP contribution in [0.1, 0.15) is 49.9 Å². The molecule has 0 radical (unpaired) electrons. The summed E-state index contributed by atoms with van der Waals surface area (Å²) < 4.78 is 3.50. The summed E-state index contributed by atoms with van der Waals surface area (Å²) in [4.78, 5) is 45.0. The summed E-state index contributed by atoms with van der Waals surface area (Å²) in [6.07, 6.45) is 5.06. The maximum atomic E-state index is 14.0. The number of nitrogens with one attached hydrogen (secondary N) is 1. The normalized spacial score (nSPS) is 11.9. The molecule has 7 rings (SSSR count). The van der Waals surface area contributed by atoms with E-state index in [1.165, 1.54) is 10.6 Å². The molecule has 0 saturated heterocycles. The number of nitrogens with zero attached hydrogens (tertiary/aromatic N) is 3. The van der Waals surface area contributed by atoms with Crippen molar-refractivity contribution in [3.05, 3.63) is 232 Å². The Morgan fingerprint density at radius 3 is 1.58 bits per heavy atom. The number of benzene rings is 5. The van der Waals surface area contributed by atoms with Gasteiger partial charge in [0.25, 0.3) is 11.5 Å². The SMILES string of the molecule is O=C(N[C@@H](Cc1cn(C(c2ccccc2)(c2ccccc2)c2ccccc2)cn1)C(=O)O)c1cccn(C(c2ccccc2)c2ccccc2)c1=O. The Balaban J connectivity index is 1.22. The summed E-state index contributed by atoms with van der Waals surface area (Å²) in [5, 5.41) is 12.9. The van der Waals surface area contributed by atoms with Gasteiger partial charge in [0.1, 0.15) is 17.1 Å². The quantitative estimate of drug-likeness (QED) is 0.136. The molecular formula is C44H36N4O4. The van der Waals surface area contributed by atoms with Crippen molar-refractivity contribution in [1.82, 2.24) is 19.4 Å². The van der Waals surface area contributed by atoms with Gasteiger partial charge in [0.15, 0.2) is 0 Å². The van der Waals surface area contributed by atoms with Crippen LogP contribution in [0.3, 0.4) is 0 Å². The van der Waals surface area contributed by atoms with Crippen molar-refractivity contribution in [3.63, 3.8) is 0 Å². The molecule has 8 nitrogen and oxygen atoms in total. The highest BCUT2D eigenvalue weighted by Gasteiger charge is 2.38. The van der Waals surface area contributed by atoms with E-state index in [0.717, 1.165) is 27.8 Å². The van der Waals surface area contributed by atoms with Gasteiger partial charge in [-0.05, 0) is 39.9 Å². The standard InChI is InChI=1S/C44H36N4O4/c49-41(38-27-16-28-48(42(38)50)40(32-17-6-1-7-18-32)33-19-8-2-9-20-33)46-39(43(51)52)29-37-30-47(31-45-37)44(34-21-10-3-11-22-34,35-23-12-4-13-24-35)36-25-14-5-15-26-36/h1-28,30-31,39-40H,29H2,(H,46,49)(H,51,52)/t39-/m0/s1. The molecular weight excluding hydrogens is 649 g/mol. The zero-order valence-corrected chi connectivity index (χ0v) is 28.2. The van der Waals surface area contributed by atoms with Crippen LogP contribution >= 0.6 is 0 Å². The fourth-order valence-corrected chi connectivity index (χ4v) is 6.95. The Morgan fingerprint density at radius 2 is 1.12 bits per heavy atom. The van der Waals surface area contributed by atoms with Gasteiger partial charge in [0.05, 0.1) is 18.1 Å². The van der Waals surface area contributed by atoms with Crippen molar-refractivity contribution in [2.45, 2.75) is 24.0 Å². The van der Waals surface area contributed by atoms with Crippen molar-refractivity contribution >= 4 is 11.9 Å². The molecule has 0 saturated carbocycles. The molecule has 8 heteroatoms. The fraction of sp³-hybridized carbons (Fsp3) is 0.0909. The molecule has 2 N–H and O–H groups in total. The van der Waals surface area contributed by atoms with Gasteiger partial charge >= 0.3 is 5.97 Å². The largest absolute Gasteiger partial charge is 0.480 e. The number of hydrogen-bond acceptors (Lipinski definition) is 4. The number of carboxylic acids is 1. The number of rotatable bonds is 12. The summed E-state index contributed by atoms with van der Waals surface area (Å²) in [5.74, 6) is -2.02. The average molecular weight is 685 g/mol. The molecule has 256 valence electrons. The topological polar surface area (TPSA) is 106 Å². The van der Waals surface area contributed by atoms with Crippen LogP contribution in [0.4, 0.5) is 0 Å². The number of amides is 1. The predicted molar refractivity (Wildman–Crippen MR) is 200 cm³/mol. The van der Waals surface area contributed by atoms with E-state index in [2.05, 4.69) is 46.7 Å². The molecule has 1 atom stereocenters. The molecule has 1 amide bonds. The van der Waals surface area contributed by atoms with Gasteiger partial charge in [-0.2, -0.15) is 0 Å². The van der Waals surface area contributed by atoms with E-state index < -0.39 is 35.1 Å². The van der Waals surface area contributed by atoms with Crippen molar-refractivity contribution in [1.29, 1.82) is 0 Å². The van der Waals surface area contributed by atoms with Gasteiger partial charge < -0.3 is 19.6 Å². The first-order valence-electron chi connectivity index (χ1n) is 17.0. The monoisotopic (exact) mass is 684 g/mol. The van der Waals surface area contributed by atoms with E-state index in [1.54, 1.807) is 18.6 Å². The lowest BCUT2D eigenvalue weighted by Gasteiger charge is -2.37. The highest BCUT2D eigenvalue weighted by molar-refractivity contribution is 5.96. The highest BCUT2D eigenvalue weighted by Crippen LogP contribution is 2.40. The number of carbonyl (C=O) groups excluding carboxylic acids is 1. The van der Waals surface area contributed by atoms with Crippen LogP contribution in [-0.2, 0) is 16.8 Å². The predicted octanol–water partition coefficient (Wildman–Crippen LogP) is 6.95. The second-order valence-electron chi connectivity index (χ2n) is 12.5. The first-order chi connectivity index (χ1) is 25.5. The molecule has 0 aliphatic carbocycles. The highest BCUT2D eigenvalue weighted by atomic mass is 16.4. The molecule has 7 aromatic rings. The minimum Gasteiger partial charge on any atom is -0.480 e. The molecule has 0 aliphatic rings. The summed E-state index contributed by atoms with van der Waals surface area (Å²) in [5.41, 5.74) is 3.63. The maximum Gasteiger partial charge on any atom is 0.326 e. The Labute approximate surface area is 301 Å². The summed E-state index contributed by atoms with van der Waals surface area (Å²) in [6.45, 7) is 0. The molecule has 2 aromatic heterocycles. The lowest BCUT2D eigenvalue weighted by molar-refractivity contribution is -0.139. The first kappa shape index (κ1) is 33.7. The van der Waals surface area contributed by atoms with Crippen LogP contribution in [0.5, 0.6) is 0 Å². The summed E-state index contributed by atoms with van der Waals surface area (Å²) >= 11 is 0. The van der Waals surface area contributed by atoms with E-state index >= 15 is 0 Å². The van der Waals surface area contributed by atoms with E-state index in [1.807, 2.05) is 126 Å². The second-order valence-corrected chi connectivity index (χ2v) is 12.5. The van der Waals surface area contributed by atoms with Crippen molar-refractivity contribution in [3.8, 4) is 0 Å². The van der Waals surface area contributed by atoms with E-state index in [0.29, 0.717) is 5.69 Å². The zero-order chi connectivity index (χ0) is 35.9. The van der Waals surface area contributed by atoms with Gasteiger partial charge in [-0.15, -0.1) is 0 Å². The second kappa shape index (κ2) is 15.0. The van der Waals surface area contributed by atoms with Crippen molar-refractivity contribution < 1.29 is 14.7 Å². The first-order valence-corrected chi connectivity index (χ1v) is 17.0. The van der Waals surface area contributed by atoms with Gasteiger partial charge in [-0.1, -0.05) is 152 Å². The van der Waals surface area contributed by atoms with Crippen LogP contribution in [0, 0.1) is 0 Å². The molecule has 0 unspecified atom stereocenters. The number of hydrogen-bond donors (Lipinski definition) is 2. The van der Waals surface area contributed by atoms with Crippen LogP contribution in [0.2, 0.25) is 0 Å². The van der Waals surface area contributed by atoms with Crippen LogP contribution in [-0.4, -0.2) is 37.1 Å². The Hall–Kier alpha value is -6.80. The molecule has 0 spiro atoms. The van der Waals surface area contributed by atoms with Crippen molar-refractivity contribution in [2.75, 3.05) is 0 Å². The molecule has 0 fully saturated rings. The number of imidazole rings is 1. The third-order valence-electron chi connectivity index (χ3n) is 9.34. The average Bonchev–Trinajstić information content (AvgIpc) is 3.66. The van der Waals surface area contributed by atoms with E-state index in [4.69, 9.17) is 0 Å². The van der Waals surface area contributed by atoms with Gasteiger partial charge in [0, 0.05) is 18.8 Å². The Kier molecular flexibility index (Phi) is 9.71. The van der Waals surface area contributed by atoms with E-state index in [9.17, 15) is 19.5 Å². The smallest absolute Gasteiger partial charge is 0.326 e.